The fraction of sp³-hybridized carbons (Fsp3) is 0.0714. The first-order valence-corrected chi connectivity index (χ1v) is 7.26. The third-order valence-electron chi connectivity index (χ3n) is 2.75. The molecule has 7 heteroatoms. The third kappa shape index (κ3) is 3.73. The highest BCUT2D eigenvalue weighted by Gasteiger charge is 2.08. The number of carbonyl (C=O) groups is 1. The van der Waals surface area contributed by atoms with Crippen LogP contribution in [0.4, 0.5) is 5.69 Å². The number of benzene rings is 1. The number of aromatic nitrogens is 1. The summed E-state index contributed by atoms with van der Waals surface area (Å²) >= 11 is 1.63. The Morgan fingerprint density at radius 2 is 2.00 bits per heavy atom. The van der Waals surface area contributed by atoms with Crippen molar-refractivity contribution in [2.24, 2.45) is 10.9 Å². The molecular formula is C14H14N4O2S. The number of hydrogen-bond acceptors (Lipinski definition) is 5. The van der Waals surface area contributed by atoms with E-state index in [2.05, 4.69) is 15.5 Å². The molecular weight excluding hydrogens is 288 g/mol. The molecule has 108 valence electrons. The highest BCUT2D eigenvalue weighted by molar-refractivity contribution is 7.98. The molecule has 0 spiro atoms. The predicted octanol–water partition coefficient (Wildman–Crippen LogP) is 2.15. The minimum absolute atomic E-state index is 0.0536. The summed E-state index contributed by atoms with van der Waals surface area (Å²) in [6.07, 6.45) is 3.36. The minimum Gasteiger partial charge on any atom is -0.409 e. The maximum atomic E-state index is 12.0. The van der Waals surface area contributed by atoms with Gasteiger partial charge in [0, 0.05) is 22.3 Å². The zero-order valence-corrected chi connectivity index (χ0v) is 12.1. The first-order chi connectivity index (χ1) is 10.1. The lowest BCUT2D eigenvalue weighted by atomic mass is 10.2. The van der Waals surface area contributed by atoms with Gasteiger partial charge in [0.1, 0.15) is 5.69 Å². The molecule has 0 aliphatic heterocycles. The van der Waals surface area contributed by atoms with Crippen molar-refractivity contribution in [3.8, 4) is 0 Å². The molecule has 0 atom stereocenters. The van der Waals surface area contributed by atoms with Gasteiger partial charge in [0.15, 0.2) is 5.84 Å². The van der Waals surface area contributed by atoms with Gasteiger partial charge in [-0.15, -0.1) is 11.8 Å². The standard InChI is InChI=1S/C14H14N4O2S/c1-21-11-5-3-10(4-6-11)17-14(19)12-7-2-9(8-16-12)13(15)18-20/h2-8,20H,1H3,(H2,15,18)(H,17,19). The SMILES string of the molecule is CSc1ccc(NC(=O)c2ccc(C(N)=NO)cn2)cc1. The van der Waals surface area contributed by atoms with E-state index in [0.29, 0.717) is 11.3 Å². The lowest BCUT2D eigenvalue weighted by Crippen LogP contribution is -2.16. The van der Waals surface area contributed by atoms with E-state index in [4.69, 9.17) is 10.9 Å². The van der Waals surface area contributed by atoms with E-state index in [1.165, 1.54) is 12.3 Å². The van der Waals surface area contributed by atoms with Crippen molar-refractivity contribution >= 4 is 29.2 Å². The Bertz CT molecular complexity index is 654. The first kappa shape index (κ1) is 14.9. The highest BCUT2D eigenvalue weighted by Crippen LogP contribution is 2.17. The normalized spacial score (nSPS) is 11.2. The smallest absolute Gasteiger partial charge is 0.274 e. The molecule has 0 aliphatic rings. The number of anilines is 1. The number of amidine groups is 1. The molecule has 4 N–H and O–H groups in total. The molecule has 21 heavy (non-hydrogen) atoms. The van der Waals surface area contributed by atoms with E-state index < -0.39 is 0 Å². The summed E-state index contributed by atoms with van der Waals surface area (Å²) < 4.78 is 0. The van der Waals surface area contributed by atoms with Crippen molar-refractivity contribution in [2.75, 3.05) is 11.6 Å². The van der Waals surface area contributed by atoms with Crippen molar-refractivity contribution in [2.45, 2.75) is 4.90 Å². The van der Waals surface area contributed by atoms with Crippen molar-refractivity contribution in [3.63, 3.8) is 0 Å². The van der Waals surface area contributed by atoms with Gasteiger partial charge in [-0.3, -0.25) is 9.78 Å². The van der Waals surface area contributed by atoms with E-state index in [1.807, 2.05) is 30.5 Å². The lowest BCUT2D eigenvalue weighted by Gasteiger charge is -2.06. The van der Waals surface area contributed by atoms with Gasteiger partial charge in [-0.05, 0) is 42.7 Å². The number of carbonyl (C=O) groups excluding carboxylic acids is 1. The van der Waals surface area contributed by atoms with Gasteiger partial charge in [0.05, 0.1) is 0 Å². The van der Waals surface area contributed by atoms with Crippen molar-refractivity contribution in [3.05, 3.63) is 53.9 Å². The summed E-state index contributed by atoms with van der Waals surface area (Å²) in [6, 6.07) is 10.6. The zero-order chi connectivity index (χ0) is 15.2. The number of pyridine rings is 1. The second-order valence-corrected chi connectivity index (χ2v) is 4.98. The molecule has 0 fully saturated rings. The van der Waals surface area contributed by atoms with Gasteiger partial charge in [-0.2, -0.15) is 0 Å². The van der Waals surface area contributed by atoms with Gasteiger partial charge < -0.3 is 16.3 Å². The quantitative estimate of drug-likeness (QED) is 0.264. The number of nitrogens with zero attached hydrogens (tertiary/aromatic N) is 2. The monoisotopic (exact) mass is 302 g/mol. The summed E-state index contributed by atoms with van der Waals surface area (Å²) in [7, 11) is 0. The van der Waals surface area contributed by atoms with Crippen molar-refractivity contribution < 1.29 is 10.0 Å². The predicted molar refractivity (Wildman–Crippen MR) is 82.9 cm³/mol. The average molecular weight is 302 g/mol. The summed E-state index contributed by atoms with van der Waals surface area (Å²) in [5, 5.41) is 14.2. The molecule has 1 aromatic heterocycles. The molecule has 0 radical (unpaired) electrons. The van der Waals surface area contributed by atoms with Gasteiger partial charge in [0.2, 0.25) is 0 Å². The summed E-state index contributed by atoms with van der Waals surface area (Å²) in [4.78, 5) is 17.1. The minimum atomic E-state index is -0.321. The van der Waals surface area contributed by atoms with Crippen LogP contribution in [0.15, 0.2) is 52.6 Å². The number of rotatable bonds is 4. The van der Waals surface area contributed by atoms with Crippen LogP contribution in [0.25, 0.3) is 0 Å². The Morgan fingerprint density at radius 1 is 1.29 bits per heavy atom. The maximum Gasteiger partial charge on any atom is 0.274 e. The molecule has 0 aliphatic carbocycles. The molecule has 0 unspecified atom stereocenters. The number of nitrogens with two attached hydrogens (primary N) is 1. The topological polar surface area (TPSA) is 101 Å². The van der Waals surface area contributed by atoms with E-state index in [-0.39, 0.29) is 17.4 Å². The Morgan fingerprint density at radius 3 is 2.52 bits per heavy atom. The molecule has 2 rings (SSSR count). The van der Waals surface area contributed by atoms with Crippen LogP contribution in [0, 0.1) is 0 Å². The molecule has 6 nitrogen and oxygen atoms in total. The van der Waals surface area contributed by atoms with E-state index in [9.17, 15) is 4.79 Å². The maximum absolute atomic E-state index is 12.0. The van der Waals surface area contributed by atoms with Gasteiger partial charge in [-0.25, -0.2) is 0 Å². The van der Waals surface area contributed by atoms with E-state index in [0.717, 1.165) is 4.90 Å². The number of hydrogen-bond donors (Lipinski definition) is 3. The van der Waals surface area contributed by atoms with Crippen LogP contribution in [0.5, 0.6) is 0 Å². The molecule has 0 saturated heterocycles. The zero-order valence-electron chi connectivity index (χ0n) is 11.3. The summed E-state index contributed by atoms with van der Waals surface area (Å²) in [5.74, 6) is -0.375. The Balaban J connectivity index is 2.09. The van der Waals surface area contributed by atoms with Crippen LogP contribution in [0.3, 0.4) is 0 Å². The highest BCUT2D eigenvalue weighted by atomic mass is 32.2. The van der Waals surface area contributed by atoms with Gasteiger partial charge >= 0.3 is 0 Å². The second kappa shape index (κ2) is 6.76. The number of thioether (sulfide) groups is 1. The van der Waals surface area contributed by atoms with Crippen LogP contribution in [-0.4, -0.2) is 28.2 Å². The summed E-state index contributed by atoms with van der Waals surface area (Å²) in [5.41, 5.74) is 6.81. The Kier molecular flexibility index (Phi) is 4.78. The largest absolute Gasteiger partial charge is 0.409 e. The molecule has 0 saturated carbocycles. The fourth-order valence-corrected chi connectivity index (χ4v) is 2.02. The van der Waals surface area contributed by atoms with E-state index >= 15 is 0 Å². The van der Waals surface area contributed by atoms with Crippen molar-refractivity contribution in [1.29, 1.82) is 0 Å². The van der Waals surface area contributed by atoms with Crippen molar-refractivity contribution in [1.82, 2.24) is 4.98 Å². The van der Waals surface area contributed by atoms with Crippen LogP contribution in [-0.2, 0) is 0 Å². The number of amides is 1. The average Bonchev–Trinajstić information content (AvgIpc) is 2.55. The Labute approximate surface area is 126 Å². The first-order valence-electron chi connectivity index (χ1n) is 6.03. The Hall–Kier alpha value is -2.54. The van der Waals surface area contributed by atoms with Crippen LogP contribution < -0.4 is 11.1 Å². The number of nitrogens with one attached hydrogen (secondary N) is 1. The molecule has 2 aromatic rings. The van der Waals surface area contributed by atoms with E-state index in [1.54, 1.807) is 17.8 Å². The fourth-order valence-electron chi connectivity index (χ4n) is 1.61. The van der Waals surface area contributed by atoms with Crippen LogP contribution in [0.1, 0.15) is 16.1 Å². The molecule has 1 amide bonds. The lowest BCUT2D eigenvalue weighted by molar-refractivity contribution is 0.102. The molecule has 1 heterocycles. The number of oxime groups is 1. The molecule has 1 aromatic carbocycles. The van der Waals surface area contributed by atoms with Gasteiger partial charge in [-0.1, -0.05) is 5.16 Å². The second-order valence-electron chi connectivity index (χ2n) is 4.10. The molecule has 0 bridgehead atoms. The van der Waals surface area contributed by atoms with Gasteiger partial charge in [0.25, 0.3) is 5.91 Å². The van der Waals surface area contributed by atoms with Crippen LogP contribution >= 0.6 is 11.8 Å². The summed E-state index contributed by atoms with van der Waals surface area (Å²) in [6.45, 7) is 0. The van der Waals surface area contributed by atoms with Crippen LogP contribution in [0.2, 0.25) is 0 Å². The third-order valence-corrected chi connectivity index (χ3v) is 3.49.